The number of rotatable bonds is 65. The lowest BCUT2D eigenvalue weighted by molar-refractivity contribution is -0.161. The molecule has 0 rings (SSSR count). The Labute approximate surface area is 511 Å². The fourth-order valence-corrected chi connectivity index (χ4v) is 11.3. The maximum Gasteiger partial charge on any atom is 0.472 e. The van der Waals surface area contributed by atoms with Gasteiger partial charge in [0, 0.05) is 25.7 Å². The van der Waals surface area contributed by atoms with E-state index in [1.165, 1.54) is 141 Å². The Morgan fingerprint density at radius 2 is 0.548 bits per heavy atom. The molecular weight excluding hydrogens is 1110 g/mol. The summed E-state index contributed by atoms with van der Waals surface area (Å²) >= 11 is 0. The van der Waals surface area contributed by atoms with Gasteiger partial charge in [-0.1, -0.05) is 279 Å². The summed E-state index contributed by atoms with van der Waals surface area (Å²) < 4.78 is 68.0. The number of hydrogen-bond acceptors (Lipinski definition) is 15. The van der Waals surface area contributed by atoms with Gasteiger partial charge in [0.1, 0.15) is 19.3 Å². The van der Waals surface area contributed by atoms with Crippen LogP contribution in [-0.4, -0.2) is 96.7 Å². The van der Waals surface area contributed by atoms with Crippen molar-refractivity contribution < 1.29 is 80.2 Å². The van der Waals surface area contributed by atoms with E-state index in [9.17, 15) is 43.2 Å². The lowest BCUT2D eigenvalue weighted by Crippen LogP contribution is -2.30. The number of phosphoric ester groups is 2. The topological polar surface area (TPSA) is 237 Å². The fraction of sp³-hybridized carbons (Fsp3) is 0.938. The minimum atomic E-state index is -4.94. The Kier molecular flexibility index (Phi) is 57.4. The molecule has 0 saturated carbocycles. The van der Waals surface area contributed by atoms with Crippen molar-refractivity contribution in [2.24, 2.45) is 5.92 Å². The Balaban J connectivity index is 5.21. The molecule has 2 unspecified atom stereocenters. The van der Waals surface area contributed by atoms with Crippen LogP contribution in [0.3, 0.4) is 0 Å². The highest BCUT2D eigenvalue weighted by atomic mass is 31.2. The highest BCUT2D eigenvalue weighted by Gasteiger charge is 2.30. The summed E-state index contributed by atoms with van der Waals surface area (Å²) in [6.45, 7) is 7.11. The third kappa shape index (κ3) is 59.0. The van der Waals surface area contributed by atoms with Crippen molar-refractivity contribution in [1.29, 1.82) is 0 Å². The summed E-state index contributed by atoms with van der Waals surface area (Å²) in [7, 11) is -9.88. The average molecular weight is 1240 g/mol. The lowest BCUT2D eigenvalue weighted by Gasteiger charge is -2.21. The van der Waals surface area contributed by atoms with Crippen molar-refractivity contribution in [1.82, 2.24) is 0 Å². The second kappa shape index (κ2) is 58.7. The van der Waals surface area contributed by atoms with Crippen LogP contribution in [0.2, 0.25) is 0 Å². The van der Waals surface area contributed by atoms with Gasteiger partial charge in [-0.05, 0) is 31.6 Å². The van der Waals surface area contributed by atoms with Crippen LogP contribution >= 0.6 is 15.6 Å². The molecule has 0 aromatic heterocycles. The van der Waals surface area contributed by atoms with Crippen molar-refractivity contribution in [2.45, 2.75) is 348 Å². The SMILES string of the molecule is CCCCCCCCCCCCCCCCCC(=O)O[C@H](COC(=O)CCCCCCCCCCCCCC)COP(=O)(O)OC[C@@H](O)COP(=O)(O)OC[C@@H](COC(=O)CCCCCCCCC)OC(=O)CCCCCCCCCC(C)C. The van der Waals surface area contributed by atoms with Gasteiger partial charge in [-0.15, -0.1) is 0 Å². The number of hydrogen-bond donors (Lipinski definition) is 3. The summed E-state index contributed by atoms with van der Waals surface area (Å²) in [5.41, 5.74) is 0. The molecule has 5 atom stereocenters. The first-order chi connectivity index (χ1) is 40.5. The largest absolute Gasteiger partial charge is 0.472 e. The minimum Gasteiger partial charge on any atom is -0.462 e. The molecule has 84 heavy (non-hydrogen) atoms. The molecule has 0 aromatic rings. The first-order valence-corrected chi connectivity index (χ1v) is 37.1. The smallest absolute Gasteiger partial charge is 0.462 e. The quantitative estimate of drug-likeness (QED) is 0.0222. The molecule has 19 heteroatoms. The van der Waals surface area contributed by atoms with E-state index in [0.717, 1.165) is 103 Å². The molecule has 0 spiro atoms. The van der Waals surface area contributed by atoms with Gasteiger partial charge in [0.25, 0.3) is 0 Å². The van der Waals surface area contributed by atoms with Crippen LogP contribution in [0.15, 0.2) is 0 Å². The zero-order valence-corrected chi connectivity index (χ0v) is 55.8. The molecule has 0 fully saturated rings. The van der Waals surface area contributed by atoms with Crippen molar-refractivity contribution in [3.63, 3.8) is 0 Å². The monoisotopic (exact) mass is 1240 g/mol. The second-order valence-corrected chi connectivity index (χ2v) is 26.9. The molecule has 0 bridgehead atoms. The third-order valence-corrected chi connectivity index (χ3v) is 16.9. The maximum atomic E-state index is 13.0. The number of aliphatic hydroxyl groups excluding tert-OH is 1. The molecule has 0 aromatic carbocycles. The first kappa shape index (κ1) is 82.1. The molecule has 0 heterocycles. The van der Waals surface area contributed by atoms with Crippen LogP contribution in [0.25, 0.3) is 0 Å². The predicted octanol–water partition coefficient (Wildman–Crippen LogP) is 18.2. The molecule has 3 N–H and O–H groups in total. The Morgan fingerprint density at radius 1 is 0.321 bits per heavy atom. The molecule has 0 amide bonds. The summed E-state index contributed by atoms with van der Waals surface area (Å²) in [6, 6.07) is 0. The van der Waals surface area contributed by atoms with E-state index in [2.05, 4.69) is 34.6 Å². The lowest BCUT2D eigenvalue weighted by atomic mass is 10.0. The second-order valence-electron chi connectivity index (χ2n) is 24.0. The average Bonchev–Trinajstić information content (AvgIpc) is 3.64. The molecule has 0 saturated heterocycles. The predicted molar refractivity (Wildman–Crippen MR) is 335 cm³/mol. The van der Waals surface area contributed by atoms with Crippen molar-refractivity contribution in [3.05, 3.63) is 0 Å². The number of carbonyl (C=O) groups excluding carboxylic acids is 4. The van der Waals surface area contributed by atoms with E-state index in [1.54, 1.807) is 0 Å². The molecule has 0 aliphatic rings. The summed E-state index contributed by atoms with van der Waals surface area (Å²) in [5, 5.41) is 10.5. The van der Waals surface area contributed by atoms with E-state index in [4.69, 9.17) is 37.0 Å². The number of esters is 4. The Hall–Kier alpha value is -1.94. The van der Waals surface area contributed by atoms with Crippen LogP contribution < -0.4 is 0 Å². The van der Waals surface area contributed by atoms with Crippen LogP contribution in [0.4, 0.5) is 0 Å². The molecule has 0 aliphatic heterocycles. The van der Waals surface area contributed by atoms with Crippen molar-refractivity contribution in [3.8, 4) is 0 Å². The third-order valence-electron chi connectivity index (χ3n) is 15.0. The van der Waals surface area contributed by atoms with Gasteiger partial charge >= 0.3 is 39.5 Å². The van der Waals surface area contributed by atoms with Gasteiger partial charge in [0.05, 0.1) is 26.4 Å². The number of aliphatic hydroxyl groups is 1. The molecular formula is C65H126O17P2. The minimum absolute atomic E-state index is 0.103. The molecule has 0 aliphatic carbocycles. The van der Waals surface area contributed by atoms with Crippen LogP contribution in [-0.2, 0) is 65.4 Å². The summed E-state index contributed by atoms with van der Waals surface area (Å²) in [5.74, 6) is -1.44. The van der Waals surface area contributed by atoms with Crippen molar-refractivity contribution in [2.75, 3.05) is 39.6 Å². The normalized spacial score (nSPS) is 14.2. The van der Waals surface area contributed by atoms with E-state index in [-0.39, 0.29) is 25.7 Å². The number of unbranched alkanes of at least 4 members (excludes halogenated alkanes) is 37. The highest BCUT2D eigenvalue weighted by molar-refractivity contribution is 7.47. The number of phosphoric acid groups is 2. The van der Waals surface area contributed by atoms with Gasteiger partial charge in [0.15, 0.2) is 12.2 Å². The molecule has 498 valence electrons. The fourth-order valence-electron chi connectivity index (χ4n) is 9.76. The van der Waals surface area contributed by atoms with Gasteiger partial charge in [0.2, 0.25) is 0 Å². The van der Waals surface area contributed by atoms with Crippen LogP contribution in [0.5, 0.6) is 0 Å². The van der Waals surface area contributed by atoms with Gasteiger partial charge < -0.3 is 33.8 Å². The van der Waals surface area contributed by atoms with E-state index in [1.807, 2.05) is 0 Å². The number of carbonyl (C=O) groups is 4. The molecule has 0 radical (unpaired) electrons. The van der Waals surface area contributed by atoms with Gasteiger partial charge in [-0.3, -0.25) is 37.3 Å². The number of ether oxygens (including phenoxy) is 4. The zero-order chi connectivity index (χ0) is 62.0. The van der Waals surface area contributed by atoms with Gasteiger partial charge in [-0.25, -0.2) is 9.13 Å². The van der Waals surface area contributed by atoms with Gasteiger partial charge in [-0.2, -0.15) is 0 Å². The van der Waals surface area contributed by atoms with E-state index >= 15 is 0 Å². The van der Waals surface area contributed by atoms with E-state index < -0.39 is 97.5 Å². The summed E-state index contributed by atoms with van der Waals surface area (Å²) in [4.78, 5) is 72.1. The summed E-state index contributed by atoms with van der Waals surface area (Å²) in [6.07, 6.45) is 43.2. The Bertz CT molecular complexity index is 1640. The molecule has 17 nitrogen and oxygen atoms in total. The van der Waals surface area contributed by atoms with Crippen LogP contribution in [0, 0.1) is 5.92 Å². The standard InChI is InChI=1S/C65H126O17P2/c1-6-9-12-15-18-20-22-24-25-26-28-30-35-40-45-50-64(69)81-61(55-76-63(68)49-44-39-34-29-27-23-21-19-16-13-10-7-2)57-80-84(73,74)78-53-59(66)52-77-83(71,72)79-56-60(54-75-62(67)48-43-38-32-17-14-11-8-3)82-65(70)51-46-41-36-31-33-37-42-47-58(4)5/h58-61,66H,6-57H2,1-5H3,(H,71,72)(H,73,74)/t59-,60+,61+/m0/s1. The maximum absolute atomic E-state index is 13.0. The first-order valence-electron chi connectivity index (χ1n) is 34.1. The zero-order valence-electron chi connectivity index (χ0n) is 54.0. The highest BCUT2D eigenvalue weighted by Crippen LogP contribution is 2.45. The van der Waals surface area contributed by atoms with Crippen molar-refractivity contribution >= 4 is 39.5 Å². The Morgan fingerprint density at radius 3 is 0.810 bits per heavy atom. The van der Waals surface area contributed by atoms with E-state index in [0.29, 0.717) is 31.6 Å². The van der Waals surface area contributed by atoms with Crippen LogP contribution in [0.1, 0.15) is 330 Å².